The number of fused-ring (bicyclic) bond motifs is 1. The molecule has 0 aliphatic carbocycles. The van der Waals surface area contributed by atoms with E-state index in [1.165, 1.54) is 26.7 Å². The number of hydrogen-bond acceptors (Lipinski definition) is 2. The molecule has 88 valence electrons. The topological polar surface area (TPSA) is 9.23 Å². The maximum absolute atomic E-state index is 5.20. The van der Waals surface area contributed by atoms with Gasteiger partial charge in [0.05, 0.1) is 7.11 Å². The molecule has 0 radical (unpaired) electrons. The first-order valence-corrected chi connectivity index (χ1v) is 6.79. The van der Waals surface area contributed by atoms with Crippen molar-refractivity contribution in [2.24, 2.45) is 0 Å². The molecule has 1 heterocycles. The van der Waals surface area contributed by atoms with Crippen LogP contribution in [0.2, 0.25) is 0 Å². The van der Waals surface area contributed by atoms with E-state index in [4.69, 9.17) is 4.74 Å². The van der Waals surface area contributed by atoms with Crippen molar-refractivity contribution >= 4 is 34.7 Å². The zero-order valence-electron chi connectivity index (χ0n) is 10.4. The molecule has 1 aromatic heterocycles. The minimum atomic E-state index is 0.896. The van der Waals surface area contributed by atoms with Crippen molar-refractivity contribution in [3.8, 4) is 16.9 Å². The predicted molar refractivity (Wildman–Crippen MR) is 82.0 cm³/mol. The van der Waals surface area contributed by atoms with Gasteiger partial charge in [-0.3, -0.25) is 0 Å². The SMILES string of the molecule is Bc1ccc(-c2ccc(OC)cc2)c2ccsc12. The van der Waals surface area contributed by atoms with E-state index in [0.29, 0.717) is 0 Å². The van der Waals surface area contributed by atoms with Crippen molar-refractivity contribution in [2.45, 2.75) is 0 Å². The summed E-state index contributed by atoms with van der Waals surface area (Å²) in [6.07, 6.45) is 0. The van der Waals surface area contributed by atoms with Crippen LogP contribution in [-0.2, 0) is 0 Å². The van der Waals surface area contributed by atoms with E-state index in [1.54, 1.807) is 18.4 Å². The van der Waals surface area contributed by atoms with Crippen molar-refractivity contribution in [3.63, 3.8) is 0 Å². The first-order chi connectivity index (χ1) is 8.79. The maximum Gasteiger partial charge on any atom is 0.141 e. The molecule has 0 aliphatic rings. The molecule has 0 unspecified atom stereocenters. The zero-order valence-corrected chi connectivity index (χ0v) is 11.3. The molecule has 18 heavy (non-hydrogen) atoms. The smallest absolute Gasteiger partial charge is 0.141 e. The van der Waals surface area contributed by atoms with Crippen LogP contribution in [0.1, 0.15) is 0 Å². The monoisotopic (exact) mass is 252 g/mol. The summed E-state index contributed by atoms with van der Waals surface area (Å²) in [7, 11) is 3.86. The summed E-state index contributed by atoms with van der Waals surface area (Å²) in [5.74, 6) is 0.896. The average Bonchev–Trinajstić information content (AvgIpc) is 2.90. The van der Waals surface area contributed by atoms with Crippen LogP contribution >= 0.6 is 11.3 Å². The molecule has 3 aromatic rings. The number of hydrogen-bond donors (Lipinski definition) is 0. The quantitative estimate of drug-likeness (QED) is 0.637. The Morgan fingerprint density at radius 2 is 1.78 bits per heavy atom. The highest BCUT2D eigenvalue weighted by molar-refractivity contribution is 7.18. The van der Waals surface area contributed by atoms with Gasteiger partial charge in [-0.1, -0.05) is 29.7 Å². The summed E-state index contributed by atoms with van der Waals surface area (Å²) in [5, 5.41) is 3.50. The Labute approximate surface area is 111 Å². The highest BCUT2D eigenvalue weighted by atomic mass is 32.1. The van der Waals surface area contributed by atoms with Crippen LogP contribution in [0.25, 0.3) is 21.2 Å². The zero-order chi connectivity index (χ0) is 12.5. The van der Waals surface area contributed by atoms with Crippen LogP contribution in [0, 0.1) is 0 Å². The normalized spacial score (nSPS) is 10.7. The molecule has 3 rings (SSSR count). The predicted octanol–water partition coefficient (Wildman–Crippen LogP) is 2.84. The lowest BCUT2D eigenvalue weighted by Crippen LogP contribution is -2.01. The third-order valence-electron chi connectivity index (χ3n) is 3.21. The van der Waals surface area contributed by atoms with Crippen molar-refractivity contribution in [2.75, 3.05) is 7.11 Å². The van der Waals surface area contributed by atoms with Crippen LogP contribution in [0.15, 0.2) is 47.8 Å². The fourth-order valence-corrected chi connectivity index (χ4v) is 3.12. The van der Waals surface area contributed by atoms with E-state index in [9.17, 15) is 0 Å². The maximum atomic E-state index is 5.20. The van der Waals surface area contributed by atoms with Crippen molar-refractivity contribution in [1.29, 1.82) is 0 Å². The first-order valence-electron chi connectivity index (χ1n) is 5.91. The van der Waals surface area contributed by atoms with Crippen LogP contribution in [0.5, 0.6) is 5.75 Å². The van der Waals surface area contributed by atoms with E-state index < -0.39 is 0 Å². The molecule has 0 atom stereocenters. The molecule has 0 saturated carbocycles. The van der Waals surface area contributed by atoms with Crippen LogP contribution in [-0.4, -0.2) is 15.0 Å². The number of thiophene rings is 1. The van der Waals surface area contributed by atoms with E-state index >= 15 is 0 Å². The van der Waals surface area contributed by atoms with Crippen LogP contribution < -0.4 is 10.2 Å². The lowest BCUT2D eigenvalue weighted by Gasteiger charge is -2.07. The summed E-state index contributed by atoms with van der Waals surface area (Å²) in [6.45, 7) is 0. The third-order valence-corrected chi connectivity index (χ3v) is 4.26. The highest BCUT2D eigenvalue weighted by Gasteiger charge is 2.06. The van der Waals surface area contributed by atoms with E-state index in [2.05, 4.69) is 43.6 Å². The average molecular weight is 252 g/mol. The number of benzene rings is 2. The van der Waals surface area contributed by atoms with Gasteiger partial charge >= 0.3 is 0 Å². The van der Waals surface area contributed by atoms with Gasteiger partial charge in [-0.15, -0.1) is 11.3 Å². The summed E-state index contributed by atoms with van der Waals surface area (Å²) in [4.78, 5) is 0. The summed E-state index contributed by atoms with van der Waals surface area (Å²) in [5.41, 5.74) is 3.87. The minimum Gasteiger partial charge on any atom is -0.497 e. The van der Waals surface area contributed by atoms with Gasteiger partial charge in [-0.25, -0.2) is 0 Å². The van der Waals surface area contributed by atoms with Crippen LogP contribution in [0.4, 0.5) is 0 Å². The minimum absolute atomic E-state index is 0.896. The molecule has 0 amide bonds. The summed E-state index contributed by atoms with van der Waals surface area (Å²) >= 11 is 1.81. The Morgan fingerprint density at radius 1 is 1.00 bits per heavy atom. The molecule has 0 N–H and O–H groups in total. The molecular weight excluding hydrogens is 239 g/mol. The van der Waals surface area contributed by atoms with Crippen molar-refractivity contribution in [3.05, 3.63) is 47.8 Å². The fourth-order valence-electron chi connectivity index (χ4n) is 2.22. The molecule has 0 fully saturated rings. The van der Waals surface area contributed by atoms with Gasteiger partial charge in [-0.05, 0) is 40.1 Å². The molecule has 3 heteroatoms. The summed E-state index contributed by atoms with van der Waals surface area (Å²) < 4.78 is 6.58. The molecule has 1 nitrogen and oxygen atoms in total. The van der Waals surface area contributed by atoms with Crippen molar-refractivity contribution < 1.29 is 4.74 Å². The highest BCUT2D eigenvalue weighted by Crippen LogP contribution is 2.31. The molecule has 2 aromatic carbocycles. The van der Waals surface area contributed by atoms with Crippen LogP contribution in [0.3, 0.4) is 0 Å². The fraction of sp³-hybridized carbons (Fsp3) is 0.0667. The second kappa shape index (κ2) is 4.50. The van der Waals surface area contributed by atoms with Gasteiger partial charge in [0.2, 0.25) is 0 Å². The first kappa shape index (κ1) is 11.4. The Hall–Kier alpha value is -1.74. The lowest BCUT2D eigenvalue weighted by molar-refractivity contribution is 0.415. The van der Waals surface area contributed by atoms with Crippen molar-refractivity contribution in [1.82, 2.24) is 0 Å². The van der Waals surface area contributed by atoms with Gasteiger partial charge in [0.25, 0.3) is 0 Å². The van der Waals surface area contributed by atoms with E-state index in [0.717, 1.165) is 5.75 Å². The Balaban J connectivity index is 2.18. The Morgan fingerprint density at radius 3 is 2.50 bits per heavy atom. The second-order valence-corrected chi connectivity index (χ2v) is 5.24. The standard InChI is InChI=1S/C15H13BOS/c1-17-11-4-2-10(3-5-11)12-6-7-14(16)15-13(12)8-9-18-15/h2-9H,16H2,1H3. The second-order valence-electron chi connectivity index (χ2n) is 4.32. The van der Waals surface area contributed by atoms with Gasteiger partial charge in [0.1, 0.15) is 13.6 Å². The summed E-state index contributed by atoms with van der Waals surface area (Å²) in [6, 6.07) is 14.8. The Bertz CT molecular complexity index is 685. The molecular formula is C15H13BOS. The number of ether oxygens (including phenoxy) is 1. The number of rotatable bonds is 2. The van der Waals surface area contributed by atoms with Gasteiger partial charge in [0.15, 0.2) is 0 Å². The molecule has 0 aliphatic heterocycles. The Kier molecular flexibility index (Phi) is 2.84. The van der Waals surface area contributed by atoms with Gasteiger partial charge in [-0.2, -0.15) is 0 Å². The molecule has 0 spiro atoms. The third kappa shape index (κ3) is 1.81. The van der Waals surface area contributed by atoms with E-state index in [1.807, 2.05) is 12.1 Å². The number of methoxy groups -OCH3 is 1. The van der Waals surface area contributed by atoms with Gasteiger partial charge in [0, 0.05) is 4.70 Å². The van der Waals surface area contributed by atoms with E-state index in [-0.39, 0.29) is 0 Å². The molecule has 0 saturated heterocycles. The van der Waals surface area contributed by atoms with Gasteiger partial charge < -0.3 is 4.74 Å². The lowest BCUT2D eigenvalue weighted by atomic mass is 9.91. The molecule has 0 bridgehead atoms. The largest absolute Gasteiger partial charge is 0.497 e.